The highest BCUT2D eigenvalue weighted by Gasteiger charge is 2.35. The summed E-state index contributed by atoms with van der Waals surface area (Å²) in [5.74, 6) is 0.506. The summed E-state index contributed by atoms with van der Waals surface area (Å²) in [7, 11) is 0. The summed E-state index contributed by atoms with van der Waals surface area (Å²) in [6.45, 7) is 14.6. The van der Waals surface area contributed by atoms with E-state index < -0.39 is 5.60 Å². The van der Waals surface area contributed by atoms with E-state index in [9.17, 15) is 9.59 Å². The van der Waals surface area contributed by atoms with Crippen LogP contribution in [0.2, 0.25) is 0 Å². The number of hydrogen-bond acceptors (Lipinski definition) is 4. The van der Waals surface area contributed by atoms with Gasteiger partial charge in [0.25, 0.3) is 5.91 Å². The molecule has 2 amide bonds. The van der Waals surface area contributed by atoms with E-state index in [1.807, 2.05) is 30.4 Å². The van der Waals surface area contributed by atoms with E-state index in [0.717, 1.165) is 37.2 Å². The predicted octanol–water partition coefficient (Wildman–Crippen LogP) is 6.54. The molecule has 1 atom stereocenters. The van der Waals surface area contributed by atoms with Crippen molar-refractivity contribution in [3.63, 3.8) is 0 Å². The van der Waals surface area contributed by atoms with Gasteiger partial charge in [-0.25, -0.2) is 9.48 Å². The van der Waals surface area contributed by atoms with Crippen molar-refractivity contribution in [1.29, 1.82) is 0 Å². The van der Waals surface area contributed by atoms with Gasteiger partial charge in [-0.1, -0.05) is 35.9 Å². The maximum atomic E-state index is 14.0. The van der Waals surface area contributed by atoms with E-state index in [1.54, 1.807) is 11.1 Å². The Morgan fingerprint density at radius 3 is 2.15 bits per heavy atom. The van der Waals surface area contributed by atoms with Gasteiger partial charge in [-0.05, 0) is 89.6 Å². The first-order chi connectivity index (χ1) is 19.0. The number of aryl methyl sites for hydroxylation is 3. The second kappa shape index (κ2) is 11.1. The zero-order chi connectivity index (χ0) is 28.6. The van der Waals surface area contributed by atoms with Gasteiger partial charge in [-0.15, -0.1) is 0 Å². The highest BCUT2D eigenvalue weighted by molar-refractivity contribution is 5.95. The van der Waals surface area contributed by atoms with Crippen molar-refractivity contribution < 1.29 is 14.3 Å². The van der Waals surface area contributed by atoms with Crippen molar-refractivity contribution in [3.05, 3.63) is 82.2 Å². The molecule has 0 bridgehead atoms. The highest BCUT2D eigenvalue weighted by atomic mass is 16.6. The first-order valence-corrected chi connectivity index (χ1v) is 14.5. The van der Waals surface area contributed by atoms with Crippen molar-refractivity contribution in [2.75, 3.05) is 26.2 Å². The van der Waals surface area contributed by atoms with Crippen LogP contribution in [0, 0.1) is 20.8 Å². The second-order valence-electron chi connectivity index (χ2n) is 12.5. The van der Waals surface area contributed by atoms with Gasteiger partial charge in [-0.3, -0.25) is 4.79 Å². The van der Waals surface area contributed by atoms with Crippen molar-refractivity contribution in [3.8, 4) is 5.69 Å². The lowest BCUT2D eigenvalue weighted by Gasteiger charge is -2.34. The van der Waals surface area contributed by atoms with Gasteiger partial charge in [0.2, 0.25) is 0 Å². The average molecular weight is 543 g/mol. The van der Waals surface area contributed by atoms with E-state index in [-0.39, 0.29) is 17.9 Å². The maximum Gasteiger partial charge on any atom is 0.410 e. The van der Waals surface area contributed by atoms with E-state index in [1.165, 1.54) is 22.3 Å². The van der Waals surface area contributed by atoms with Crippen LogP contribution in [-0.4, -0.2) is 63.4 Å². The van der Waals surface area contributed by atoms with Crippen LogP contribution in [0.1, 0.15) is 90.2 Å². The fraction of sp³-hybridized carbons (Fsp3) is 0.485. The standard InChI is InChI=1S/C33H42N4O3/c1-22-7-10-25(11-8-22)27-15-18-36(21-27)31(38)29-20-34-37(28-12-9-23(2)24(3)19-28)30(29)26-13-16-35(17-14-26)32(39)40-33(4,5)6/h7-12,19-20,26-27H,13-18,21H2,1-6H3/t27-/m1/s1. The van der Waals surface area contributed by atoms with Crippen LogP contribution in [0.3, 0.4) is 0 Å². The van der Waals surface area contributed by atoms with Gasteiger partial charge >= 0.3 is 6.09 Å². The fourth-order valence-corrected chi connectivity index (χ4v) is 5.87. The minimum absolute atomic E-state index is 0.0502. The molecular formula is C33H42N4O3. The lowest BCUT2D eigenvalue weighted by atomic mass is 9.90. The summed E-state index contributed by atoms with van der Waals surface area (Å²) < 4.78 is 7.57. The van der Waals surface area contributed by atoms with Crippen molar-refractivity contribution in [1.82, 2.24) is 19.6 Å². The third kappa shape index (κ3) is 5.93. The molecule has 0 spiro atoms. The van der Waals surface area contributed by atoms with Gasteiger partial charge in [0.15, 0.2) is 0 Å². The molecule has 2 aliphatic heterocycles. The molecule has 7 heteroatoms. The molecule has 2 saturated heterocycles. The molecule has 5 rings (SSSR count). The predicted molar refractivity (Wildman–Crippen MR) is 157 cm³/mol. The third-order valence-electron chi connectivity index (χ3n) is 8.33. The Bertz CT molecular complexity index is 1380. The molecule has 0 radical (unpaired) electrons. The quantitative estimate of drug-likeness (QED) is 0.375. The summed E-state index contributed by atoms with van der Waals surface area (Å²) >= 11 is 0. The second-order valence-corrected chi connectivity index (χ2v) is 12.5. The molecular weight excluding hydrogens is 500 g/mol. The molecule has 2 aliphatic rings. The number of carbonyl (C=O) groups is 2. The molecule has 212 valence electrons. The van der Waals surface area contributed by atoms with Gasteiger partial charge < -0.3 is 14.5 Å². The first kappa shape index (κ1) is 27.9. The highest BCUT2D eigenvalue weighted by Crippen LogP contribution is 2.35. The van der Waals surface area contributed by atoms with E-state index >= 15 is 0 Å². The minimum Gasteiger partial charge on any atom is -0.444 e. The molecule has 0 saturated carbocycles. The summed E-state index contributed by atoms with van der Waals surface area (Å²) in [5, 5.41) is 4.78. The molecule has 40 heavy (non-hydrogen) atoms. The molecule has 0 aliphatic carbocycles. The minimum atomic E-state index is -0.526. The summed E-state index contributed by atoms with van der Waals surface area (Å²) in [5.41, 5.74) is 7.02. The Kier molecular flexibility index (Phi) is 7.76. The zero-order valence-electron chi connectivity index (χ0n) is 24.7. The van der Waals surface area contributed by atoms with Crippen LogP contribution >= 0.6 is 0 Å². The van der Waals surface area contributed by atoms with Crippen LogP contribution in [0.4, 0.5) is 4.79 Å². The number of nitrogens with zero attached hydrogens (tertiary/aromatic N) is 4. The monoisotopic (exact) mass is 542 g/mol. The molecule has 1 aromatic heterocycles. The van der Waals surface area contributed by atoms with Gasteiger partial charge in [0, 0.05) is 38.0 Å². The number of piperidine rings is 1. The van der Waals surface area contributed by atoms with Gasteiger partial charge in [0.05, 0.1) is 23.1 Å². The number of aromatic nitrogens is 2. The first-order valence-electron chi connectivity index (χ1n) is 14.5. The van der Waals surface area contributed by atoms with Crippen LogP contribution in [0.5, 0.6) is 0 Å². The van der Waals surface area contributed by atoms with E-state index in [0.29, 0.717) is 31.1 Å². The Morgan fingerprint density at radius 2 is 1.50 bits per heavy atom. The van der Waals surface area contributed by atoms with E-state index in [4.69, 9.17) is 9.84 Å². The van der Waals surface area contributed by atoms with Crippen molar-refractivity contribution in [2.24, 2.45) is 0 Å². The van der Waals surface area contributed by atoms with Crippen molar-refractivity contribution >= 4 is 12.0 Å². The van der Waals surface area contributed by atoms with Crippen LogP contribution in [0.15, 0.2) is 48.7 Å². The van der Waals surface area contributed by atoms with Gasteiger partial charge in [0.1, 0.15) is 5.60 Å². The molecule has 2 aromatic carbocycles. The molecule has 2 fully saturated rings. The van der Waals surface area contributed by atoms with Crippen LogP contribution in [-0.2, 0) is 4.74 Å². The molecule has 3 aromatic rings. The third-order valence-corrected chi connectivity index (χ3v) is 8.33. The number of likely N-dealkylation sites (tertiary alicyclic amines) is 2. The summed E-state index contributed by atoms with van der Waals surface area (Å²) in [6.07, 6.45) is 3.95. The molecule has 0 N–H and O–H groups in total. The van der Waals surface area contributed by atoms with Crippen molar-refractivity contribution in [2.45, 2.75) is 78.2 Å². The van der Waals surface area contributed by atoms with Crippen LogP contribution in [0.25, 0.3) is 5.69 Å². The number of ether oxygens (including phenoxy) is 1. The Morgan fingerprint density at radius 1 is 0.850 bits per heavy atom. The normalized spacial score (nSPS) is 18.3. The van der Waals surface area contributed by atoms with Gasteiger partial charge in [-0.2, -0.15) is 5.10 Å². The number of amides is 2. The Labute approximate surface area is 238 Å². The van der Waals surface area contributed by atoms with E-state index in [2.05, 4.69) is 63.2 Å². The number of rotatable bonds is 4. The zero-order valence-corrected chi connectivity index (χ0v) is 24.7. The fourth-order valence-electron chi connectivity index (χ4n) is 5.87. The Hall–Kier alpha value is -3.61. The smallest absolute Gasteiger partial charge is 0.410 e. The number of carbonyl (C=O) groups excluding carboxylic acids is 2. The number of hydrogen-bond donors (Lipinski definition) is 0. The summed E-state index contributed by atoms with van der Waals surface area (Å²) in [6, 6.07) is 15.0. The summed E-state index contributed by atoms with van der Waals surface area (Å²) in [4.78, 5) is 30.5. The molecule has 7 nitrogen and oxygen atoms in total. The largest absolute Gasteiger partial charge is 0.444 e. The average Bonchev–Trinajstić information content (AvgIpc) is 3.58. The Balaban J connectivity index is 1.41. The topological polar surface area (TPSA) is 67.7 Å². The van der Waals surface area contributed by atoms with Crippen LogP contribution < -0.4 is 0 Å². The lowest BCUT2D eigenvalue weighted by molar-refractivity contribution is 0.0203. The number of benzene rings is 2. The molecule has 3 heterocycles. The lowest BCUT2D eigenvalue weighted by Crippen LogP contribution is -2.41. The SMILES string of the molecule is Cc1ccc([C@@H]2CCN(C(=O)c3cnn(-c4ccc(C)c(C)c4)c3C3CCN(C(=O)OC(C)(C)C)CC3)C2)cc1. The maximum absolute atomic E-state index is 14.0. The molecule has 0 unspecified atom stereocenters.